The molecule has 3 aromatic rings. The quantitative estimate of drug-likeness (QED) is 0.644. The van der Waals surface area contributed by atoms with Gasteiger partial charge in [-0.1, -0.05) is 29.0 Å². The number of nitrogens with zero attached hydrogens (tertiary/aromatic N) is 5. The van der Waals surface area contributed by atoms with Gasteiger partial charge in [-0.3, -0.25) is 0 Å². The molecule has 0 spiro atoms. The number of benzene rings is 1. The van der Waals surface area contributed by atoms with Crippen molar-refractivity contribution in [3.05, 3.63) is 40.7 Å². The third-order valence-electron chi connectivity index (χ3n) is 4.66. The van der Waals surface area contributed by atoms with Crippen molar-refractivity contribution in [1.29, 1.82) is 0 Å². The molecule has 1 aliphatic heterocycles. The summed E-state index contributed by atoms with van der Waals surface area (Å²) in [6, 6.07) is 7.87. The van der Waals surface area contributed by atoms with E-state index in [1.807, 2.05) is 31.2 Å². The van der Waals surface area contributed by atoms with Gasteiger partial charge in [0, 0.05) is 19.0 Å². The lowest BCUT2D eigenvalue weighted by atomic mass is 9.99. The highest BCUT2D eigenvalue weighted by Gasteiger charge is 2.30. The first-order chi connectivity index (χ1) is 12.9. The van der Waals surface area contributed by atoms with Crippen LogP contribution in [0.4, 0.5) is 0 Å². The number of ether oxygens (including phenoxy) is 1. The molecule has 0 radical (unpaired) electrons. The number of fused-ring (bicyclic) bond motifs is 1. The molecule has 1 aromatic carbocycles. The Labute approximate surface area is 161 Å². The summed E-state index contributed by atoms with van der Waals surface area (Å²) in [6.07, 6.45) is 2.93. The standard InChI is InChI=1S/C17H21N5O3S2/c1-12-5-7-14(8-6-12)25-11-15-20-22-16(18-19-17(22)26-15)13-4-3-9-21(10-13)27(2,23)24/h5-8,13H,3-4,9-11H2,1-2H3. The molecule has 2 aromatic heterocycles. The minimum absolute atomic E-state index is 0.00329. The summed E-state index contributed by atoms with van der Waals surface area (Å²) in [5.74, 6) is 1.51. The number of hydrogen-bond donors (Lipinski definition) is 0. The van der Waals surface area contributed by atoms with E-state index in [1.165, 1.54) is 27.5 Å². The van der Waals surface area contributed by atoms with Crippen LogP contribution in [-0.4, -0.2) is 51.9 Å². The molecule has 1 aliphatic rings. The Bertz CT molecular complexity index is 1040. The van der Waals surface area contributed by atoms with Crippen molar-refractivity contribution in [2.45, 2.75) is 32.3 Å². The largest absolute Gasteiger partial charge is 0.486 e. The van der Waals surface area contributed by atoms with Gasteiger partial charge in [0.1, 0.15) is 12.4 Å². The van der Waals surface area contributed by atoms with E-state index in [9.17, 15) is 8.42 Å². The normalized spacial score (nSPS) is 18.8. The Morgan fingerprint density at radius 2 is 2.04 bits per heavy atom. The van der Waals surface area contributed by atoms with Gasteiger partial charge in [0.05, 0.1) is 6.26 Å². The third-order valence-corrected chi connectivity index (χ3v) is 6.80. The number of sulfonamides is 1. The SMILES string of the molecule is Cc1ccc(OCc2nn3c(C4CCCN(S(C)(=O)=O)C4)nnc3s2)cc1. The topological polar surface area (TPSA) is 89.7 Å². The fraction of sp³-hybridized carbons (Fsp3) is 0.471. The average Bonchev–Trinajstić information content (AvgIpc) is 3.21. The monoisotopic (exact) mass is 407 g/mol. The fourth-order valence-corrected chi connectivity index (χ4v) is 4.88. The van der Waals surface area contributed by atoms with Crippen LogP contribution in [0.2, 0.25) is 0 Å². The number of hydrogen-bond acceptors (Lipinski definition) is 7. The summed E-state index contributed by atoms with van der Waals surface area (Å²) in [6.45, 7) is 3.37. The molecule has 144 valence electrons. The van der Waals surface area contributed by atoms with Crippen LogP contribution < -0.4 is 4.74 Å². The van der Waals surface area contributed by atoms with Crippen LogP contribution in [0.25, 0.3) is 4.96 Å². The van der Waals surface area contributed by atoms with E-state index in [1.54, 1.807) is 4.52 Å². The summed E-state index contributed by atoms with van der Waals surface area (Å²) in [7, 11) is -3.20. The lowest BCUT2D eigenvalue weighted by Crippen LogP contribution is -2.38. The molecule has 1 unspecified atom stereocenters. The van der Waals surface area contributed by atoms with Gasteiger partial charge in [0.2, 0.25) is 15.0 Å². The Balaban J connectivity index is 1.51. The van der Waals surface area contributed by atoms with Crippen molar-refractivity contribution < 1.29 is 13.2 Å². The minimum atomic E-state index is -3.20. The Morgan fingerprint density at radius 1 is 1.26 bits per heavy atom. The highest BCUT2D eigenvalue weighted by molar-refractivity contribution is 7.88. The van der Waals surface area contributed by atoms with Gasteiger partial charge in [-0.25, -0.2) is 12.7 Å². The maximum absolute atomic E-state index is 11.9. The van der Waals surface area contributed by atoms with Gasteiger partial charge in [0.25, 0.3) is 0 Å². The molecule has 4 rings (SSSR count). The van der Waals surface area contributed by atoms with Crippen LogP contribution in [0, 0.1) is 6.92 Å². The molecule has 1 atom stereocenters. The lowest BCUT2D eigenvalue weighted by Gasteiger charge is -2.29. The average molecular weight is 408 g/mol. The molecule has 8 nitrogen and oxygen atoms in total. The highest BCUT2D eigenvalue weighted by atomic mass is 32.2. The first-order valence-corrected chi connectivity index (χ1v) is 11.4. The molecular formula is C17H21N5O3S2. The highest BCUT2D eigenvalue weighted by Crippen LogP contribution is 2.28. The molecule has 0 bridgehead atoms. The van der Waals surface area contributed by atoms with Crippen molar-refractivity contribution >= 4 is 26.3 Å². The first kappa shape index (κ1) is 18.3. The van der Waals surface area contributed by atoms with Crippen molar-refractivity contribution in [3.8, 4) is 5.75 Å². The predicted molar refractivity (Wildman–Crippen MR) is 103 cm³/mol. The van der Waals surface area contributed by atoms with Crippen LogP contribution in [0.5, 0.6) is 5.75 Å². The van der Waals surface area contributed by atoms with Gasteiger partial charge in [-0.15, -0.1) is 10.2 Å². The van der Waals surface area contributed by atoms with Gasteiger partial charge in [-0.05, 0) is 31.9 Å². The van der Waals surface area contributed by atoms with E-state index >= 15 is 0 Å². The fourth-order valence-electron chi connectivity index (χ4n) is 3.22. The molecule has 0 saturated carbocycles. The van der Waals surface area contributed by atoms with Gasteiger partial charge in [0.15, 0.2) is 10.8 Å². The van der Waals surface area contributed by atoms with Gasteiger partial charge >= 0.3 is 0 Å². The molecule has 0 aliphatic carbocycles. The van der Waals surface area contributed by atoms with Crippen molar-refractivity contribution in [3.63, 3.8) is 0 Å². The molecule has 0 N–H and O–H groups in total. The van der Waals surface area contributed by atoms with Gasteiger partial charge in [-0.2, -0.15) is 9.61 Å². The zero-order valence-electron chi connectivity index (χ0n) is 15.2. The second-order valence-corrected chi connectivity index (χ2v) is 9.83. The first-order valence-electron chi connectivity index (χ1n) is 8.76. The van der Waals surface area contributed by atoms with E-state index in [4.69, 9.17) is 4.74 Å². The van der Waals surface area contributed by atoms with Gasteiger partial charge < -0.3 is 4.74 Å². The van der Waals surface area contributed by atoms with E-state index in [0.717, 1.165) is 29.4 Å². The predicted octanol–water partition coefficient (Wildman–Crippen LogP) is 2.21. The summed E-state index contributed by atoms with van der Waals surface area (Å²) in [5.41, 5.74) is 1.18. The zero-order valence-corrected chi connectivity index (χ0v) is 16.8. The van der Waals surface area contributed by atoms with Crippen LogP contribution in [0.3, 0.4) is 0 Å². The van der Waals surface area contributed by atoms with Crippen molar-refractivity contribution in [2.24, 2.45) is 0 Å². The Hall–Kier alpha value is -2.04. The van der Waals surface area contributed by atoms with E-state index in [2.05, 4.69) is 15.3 Å². The van der Waals surface area contributed by atoms with E-state index in [0.29, 0.717) is 24.7 Å². The second kappa shape index (κ2) is 7.17. The molecular weight excluding hydrogens is 386 g/mol. The molecule has 10 heteroatoms. The van der Waals surface area contributed by atoms with Crippen molar-refractivity contribution in [1.82, 2.24) is 24.1 Å². The maximum atomic E-state index is 11.9. The Morgan fingerprint density at radius 3 is 2.78 bits per heavy atom. The second-order valence-electron chi connectivity index (χ2n) is 6.81. The van der Waals surface area contributed by atoms with Crippen LogP contribution >= 0.6 is 11.3 Å². The summed E-state index contributed by atoms with van der Waals surface area (Å²) in [5, 5.41) is 13.9. The maximum Gasteiger partial charge on any atom is 0.234 e. The summed E-state index contributed by atoms with van der Waals surface area (Å²) >= 11 is 1.43. The molecule has 1 fully saturated rings. The van der Waals surface area contributed by atoms with Crippen LogP contribution in [-0.2, 0) is 16.6 Å². The summed E-state index contributed by atoms with van der Waals surface area (Å²) < 4.78 is 32.8. The van der Waals surface area contributed by atoms with Crippen molar-refractivity contribution in [2.75, 3.05) is 19.3 Å². The minimum Gasteiger partial charge on any atom is -0.486 e. The lowest BCUT2D eigenvalue weighted by molar-refractivity contribution is 0.301. The molecule has 3 heterocycles. The number of aryl methyl sites for hydroxylation is 1. The Kier molecular flexibility index (Phi) is 4.87. The van der Waals surface area contributed by atoms with Crippen LogP contribution in [0.1, 0.15) is 35.2 Å². The van der Waals surface area contributed by atoms with Crippen LogP contribution in [0.15, 0.2) is 24.3 Å². The molecule has 27 heavy (non-hydrogen) atoms. The number of piperidine rings is 1. The van der Waals surface area contributed by atoms with E-state index in [-0.39, 0.29) is 5.92 Å². The third kappa shape index (κ3) is 3.97. The zero-order chi connectivity index (χ0) is 19.0. The molecule has 0 amide bonds. The number of rotatable bonds is 5. The summed E-state index contributed by atoms with van der Waals surface area (Å²) in [4.78, 5) is 0.698. The smallest absolute Gasteiger partial charge is 0.234 e. The molecule has 1 saturated heterocycles. The van der Waals surface area contributed by atoms with E-state index < -0.39 is 10.0 Å². The number of aromatic nitrogens is 4.